The Kier molecular flexibility index (Phi) is 17.5. The molecule has 0 N–H and O–H groups in total. The summed E-state index contributed by atoms with van der Waals surface area (Å²) in [5.74, 6) is 0. The molecule has 0 saturated carbocycles. The second kappa shape index (κ2) is 15.7. The van der Waals surface area contributed by atoms with E-state index in [1.165, 1.54) is 5.69 Å². The summed E-state index contributed by atoms with van der Waals surface area (Å²) in [5.41, 5.74) is 2.94. The predicted octanol–water partition coefficient (Wildman–Crippen LogP) is 8.11. The van der Waals surface area contributed by atoms with Gasteiger partial charge in [0.15, 0.2) is 0 Å². The number of hydrogen-bond donors (Lipinski definition) is 0. The SMILES string of the molecule is CCC(=[N-])C(c1cccc(C[PH+](C(C)(C)C)C(C)(C)C)n1)[PH+](C(C)(C)C)C(C)(C)C.[CH-]=O.[CH-]=O.[Mn+3]. The molecule has 0 aliphatic carbocycles. The molecule has 0 aliphatic heterocycles. The molecule has 1 aromatic rings. The molecule has 35 heavy (non-hydrogen) atoms. The van der Waals surface area contributed by atoms with Gasteiger partial charge in [-0.1, -0.05) is 19.4 Å². The Balaban J connectivity index is -0.00000194. The van der Waals surface area contributed by atoms with E-state index in [0.29, 0.717) is 22.4 Å². The maximum Gasteiger partial charge on any atom is 3.00 e. The first kappa shape index (κ1) is 39.1. The standard InChI is InChI=1S/C26H47N2P2.2CHO.Mn/c1-14-20(27)22(30(25(8,9)10)26(11,12)13)21-17-15-16-19(28-21)18-29(23(2,3)4)24(5,6)7;2*1-2;/h15-17,22H,14,18H2,1-13H3;2*1H;/q3*-1;+3/p+2. The van der Waals surface area contributed by atoms with Crippen LogP contribution in [0.4, 0.5) is 0 Å². The largest absolute Gasteiger partial charge is 3.00 e. The molecule has 0 aliphatic rings. The second-order valence-electron chi connectivity index (χ2n) is 12.9. The number of hydrogen-bond acceptors (Lipinski definition) is 3. The molecule has 0 spiro atoms. The smallest absolute Gasteiger partial charge is 0.808 e. The van der Waals surface area contributed by atoms with Crippen molar-refractivity contribution in [3.05, 3.63) is 35.0 Å². The molecule has 1 heterocycles. The third-order valence-corrected chi connectivity index (χ3v) is 14.7. The molecule has 0 radical (unpaired) electrons. The average molecular weight is 565 g/mol. The minimum absolute atomic E-state index is 0. The topological polar surface area (TPSA) is 69.3 Å². The summed E-state index contributed by atoms with van der Waals surface area (Å²) >= 11 is 0. The third kappa shape index (κ3) is 12.6. The Morgan fingerprint density at radius 3 is 1.54 bits per heavy atom. The van der Waals surface area contributed by atoms with Crippen molar-refractivity contribution >= 4 is 35.1 Å². The molecule has 4 nitrogen and oxygen atoms in total. The molecule has 200 valence electrons. The van der Waals surface area contributed by atoms with Crippen molar-refractivity contribution in [3.63, 3.8) is 0 Å². The minimum atomic E-state index is -1.02. The van der Waals surface area contributed by atoms with E-state index in [-0.39, 0.29) is 33.0 Å². The van der Waals surface area contributed by atoms with E-state index in [0.717, 1.165) is 11.9 Å². The molecule has 0 saturated heterocycles. The Morgan fingerprint density at radius 1 is 0.829 bits per heavy atom. The van der Waals surface area contributed by atoms with Gasteiger partial charge in [0.1, 0.15) is 5.66 Å². The van der Waals surface area contributed by atoms with Crippen LogP contribution in [0.3, 0.4) is 0 Å². The van der Waals surface area contributed by atoms with Crippen LogP contribution in [0.15, 0.2) is 18.2 Å². The van der Waals surface area contributed by atoms with E-state index in [1.54, 1.807) is 0 Å². The van der Waals surface area contributed by atoms with Crippen LogP contribution in [0.1, 0.15) is 113 Å². The Labute approximate surface area is 230 Å². The first-order chi connectivity index (χ1) is 15.3. The summed E-state index contributed by atoms with van der Waals surface area (Å²) in [6, 6.07) is 6.53. The van der Waals surface area contributed by atoms with E-state index in [2.05, 4.69) is 122 Å². The van der Waals surface area contributed by atoms with Gasteiger partial charge in [-0.05, 0) is 95.2 Å². The molecule has 1 aromatic heterocycles. The van der Waals surface area contributed by atoms with Crippen molar-refractivity contribution < 1.29 is 26.7 Å². The van der Waals surface area contributed by atoms with E-state index in [1.807, 2.05) is 0 Å². The van der Waals surface area contributed by atoms with Gasteiger partial charge in [-0.15, -0.1) is 0 Å². The van der Waals surface area contributed by atoms with Crippen LogP contribution in [0, 0.1) is 0 Å². The molecule has 7 heteroatoms. The van der Waals surface area contributed by atoms with Crippen LogP contribution in [0.5, 0.6) is 0 Å². The molecule has 0 fully saturated rings. The number of carbonyl (C=O) groups excluding carboxylic acids is 2. The minimum Gasteiger partial charge on any atom is -0.808 e. The number of nitrogens with zero attached hydrogens (tertiary/aromatic N) is 2. The number of rotatable bonds is 6. The Bertz CT molecular complexity index is 730. The fourth-order valence-corrected chi connectivity index (χ4v) is 14.1. The second-order valence-corrected chi connectivity index (χ2v) is 21.6. The molecule has 0 amide bonds. The first-order valence-corrected chi connectivity index (χ1v) is 15.3. The van der Waals surface area contributed by atoms with E-state index >= 15 is 0 Å². The maximum atomic E-state index is 11.1. The number of pyridine rings is 1. The summed E-state index contributed by atoms with van der Waals surface area (Å²) < 4.78 is 0. The van der Waals surface area contributed by atoms with Gasteiger partial charge < -0.3 is 15.0 Å². The van der Waals surface area contributed by atoms with Crippen LogP contribution in [-0.2, 0) is 32.8 Å². The Morgan fingerprint density at radius 2 is 1.23 bits per heavy atom. The van der Waals surface area contributed by atoms with Gasteiger partial charge in [-0.2, -0.15) is 5.71 Å². The van der Waals surface area contributed by atoms with E-state index < -0.39 is 15.8 Å². The maximum absolute atomic E-state index is 11.1. The average Bonchev–Trinajstić information content (AvgIpc) is 2.69. The van der Waals surface area contributed by atoms with Crippen molar-refractivity contribution in [2.45, 2.75) is 129 Å². The van der Waals surface area contributed by atoms with Gasteiger partial charge in [-0.3, -0.25) is 13.6 Å². The van der Waals surface area contributed by atoms with Crippen molar-refractivity contribution in [1.82, 2.24) is 4.98 Å². The van der Waals surface area contributed by atoms with Gasteiger partial charge in [0.25, 0.3) is 0 Å². The molecule has 0 aromatic carbocycles. The molecular formula is C28H51MnN2O2P2+2. The summed E-state index contributed by atoms with van der Waals surface area (Å²) in [4.78, 5) is 20.7. The van der Waals surface area contributed by atoms with E-state index in [9.17, 15) is 5.41 Å². The van der Waals surface area contributed by atoms with E-state index in [4.69, 9.17) is 14.6 Å². The van der Waals surface area contributed by atoms with Crippen molar-refractivity contribution in [2.24, 2.45) is 0 Å². The summed E-state index contributed by atoms with van der Waals surface area (Å²) in [7, 11) is -1.71. The van der Waals surface area contributed by atoms with Crippen molar-refractivity contribution in [2.75, 3.05) is 0 Å². The molecule has 0 bridgehead atoms. The molecular weight excluding hydrogens is 513 g/mol. The van der Waals surface area contributed by atoms with Crippen LogP contribution >= 0.6 is 15.8 Å². The van der Waals surface area contributed by atoms with Crippen LogP contribution in [0.25, 0.3) is 5.41 Å². The fraction of sp³-hybridized carbons (Fsp3) is 0.714. The summed E-state index contributed by atoms with van der Waals surface area (Å²) in [6.45, 7) is 36.9. The van der Waals surface area contributed by atoms with Crippen LogP contribution in [-0.4, -0.2) is 44.9 Å². The Hall–Kier alpha value is -0.461. The van der Waals surface area contributed by atoms with Crippen molar-refractivity contribution in [3.8, 4) is 0 Å². The van der Waals surface area contributed by atoms with Gasteiger partial charge in [-0.25, -0.2) is 4.98 Å². The molecule has 1 atom stereocenters. The first-order valence-electron chi connectivity index (χ1n) is 12.0. The zero-order valence-corrected chi connectivity index (χ0v) is 27.6. The van der Waals surface area contributed by atoms with Crippen molar-refractivity contribution in [1.29, 1.82) is 0 Å². The zero-order chi connectivity index (χ0) is 27.7. The quantitative estimate of drug-likeness (QED) is 0.115. The predicted molar refractivity (Wildman–Crippen MR) is 158 cm³/mol. The van der Waals surface area contributed by atoms with Gasteiger partial charge in [0, 0.05) is 15.8 Å². The van der Waals surface area contributed by atoms with Gasteiger partial charge in [0.2, 0.25) is 0 Å². The third-order valence-electron chi connectivity index (χ3n) is 5.89. The van der Waals surface area contributed by atoms with Gasteiger partial charge >= 0.3 is 17.1 Å². The summed E-state index contributed by atoms with van der Waals surface area (Å²) in [6.07, 6.45) is 1.76. The normalized spacial score (nSPS) is 13.1. The molecule has 1 unspecified atom stereocenters. The fourth-order valence-electron chi connectivity index (χ4n) is 5.27. The van der Waals surface area contributed by atoms with Gasteiger partial charge in [0.05, 0.1) is 38.2 Å². The van der Waals surface area contributed by atoms with Crippen LogP contribution in [0.2, 0.25) is 0 Å². The zero-order valence-electron chi connectivity index (χ0n) is 24.5. The van der Waals surface area contributed by atoms with Crippen LogP contribution < -0.4 is 0 Å². The summed E-state index contributed by atoms with van der Waals surface area (Å²) in [5, 5.41) is 12.0. The monoisotopic (exact) mass is 564 g/mol. The molecule has 1 rings (SSSR count). The number of aromatic nitrogens is 1.